The fourth-order valence-corrected chi connectivity index (χ4v) is 3.85. The van der Waals surface area contributed by atoms with Gasteiger partial charge in [-0.25, -0.2) is 0 Å². The predicted octanol–water partition coefficient (Wildman–Crippen LogP) is 2.44. The standard InChI is InChI=1S/C13H25NO/c1-12(2)10-5-6-13(12,3)11(9-10)14-7-8-15-4/h10-11,14H,5-9H2,1-4H3/t10-,11+,13-/m0/s1. The van der Waals surface area contributed by atoms with Crippen LogP contribution < -0.4 is 5.32 Å². The first kappa shape index (κ1) is 11.4. The van der Waals surface area contributed by atoms with Gasteiger partial charge < -0.3 is 10.1 Å². The van der Waals surface area contributed by atoms with Gasteiger partial charge in [-0.1, -0.05) is 20.8 Å². The van der Waals surface area contributed by atoms with Gasteiger partial charge in [0.25, 0.3) is 0 Å². The molecule has 0 amide bonds. The number of methoxy groups -OCH3 is 1. The minimum atomic E-state index is 0.505. The Morgan fingerprint density at radius 1 is 1.33 bits per heavy atom. The maximum absolute atomic E-state index is 5.10. The summed E-state index contributed by atoms with van der Waals surface area (Å²) in [7, 11) is 1.77. The average Bonchev–Trinajstić information content (AvgIpc) is 2.51. The molecule has 0 aliphatic heterocycles. The lowest BCUT2D eigenvalue weighted by molar-refractivity contribution is 0.114. The van der Waals surface area contributed by atoms with Gasteiger partial charge in [-0.05, 0) is 36.0 Å². The third-order valence-electron chi connectivity index (χ3n) is 5.49. The van der Waals surface area contributed by atoms with E-state index in [1.54, 1.807) is 7.11 Å². The molecular formula is C13H25NO. The van der Waals surface area contributed by atoms with Crippen LogP contribution in [0.1, 0.15) is 40.0 Å². The monoisotopic (exact) mass is 211 g/mol. The molecule has 0 aromatic carbocycles. The second-order valence-electron chi connectivity index (χ2n) is 6.11. The Morgan fingerprint density at radius 3 is 2.53 bits per heavy atom. The molecule has 0 radical (unpaired) electrons. The van der Waals surface area contributed by atoms with Crippen molar-refractivity contribution >= 4 is 0 Å². The summed E-state index contributed by atoms with van der Waals surface area (Å²) in [5, 5.41) is 3.69. The third-order valence-corrected chi connectivity index (χ3v) is 5.49. The number of nitrogens with one attached hydrogen (secondary N) is 1. The Morgan fingerprint density at radius 2 is 2.07 bits per heavy atom. The SMILES string of the molecule is COCCN[C@@H]1C[C@@H]2CC[C@]1(C)C2(C)C. The molecular weight excluding hydrogens is 186 g/mol. The lowest BCUT2D eigenvalue weighted by Crippen LogP contribution is -2.45. The zero-order valence-electron chi connectivity index (χ0n) is 10.6. The lowest BCUT2D eigenvalue weighted by Gasteiger charge is -2.39. The quantitative estimate of drug-likeness (QED) is 0.721. The highest BCUT2D eigenvalue weighted by atomic mass is 16.5. The number of hydrogen-bond acceptors (Lipinski definition) is 2. The van der Waals surface area contributed by atoms with Crippen LogP contribution in [0.25, 0.3) is 0 Å². The van der Waals surface area contributed by atoms with E-state index in [9.17, 15) is 0 Å². The number of hydrogen-bond donors (Lipinski definition) is 1. The third kappa shape index (κ3) is 1.53. The Hall–Kier alpha value is -0.0800. The highest BCUT2D eigenvalue weighted by Gasteiger charge is 2.60. The van der Waals surface area contributed by atoms with Crippen molar-refractivity contribution in [1.29, 1.82) is 0 Å². The summed E-state index contributed by atoms with van der Waals surface area (Å²) >= 11 is 0. The van der Waals surface area contributed by atoms with E-state index in [4.69, 9.17) is 4.74 Å². The van der Waals surface area contributed by atoms with Crippen LogP contribution in [0.15, 0.2) is 0 Å². The Balaban J connectivity index is 1.99. The molecule has 3 atom stereocenters. The van der Waals surface area contributed by atoms with Crippen LogP contribution in [0, 0.1) is 16.7 Å². The normalized spacial score (nSPS) is 42.4. The highest BCUT2D eigenvalue weighted by Crippen LogP contribution is 2.65. The molecule has 88 valence electrons. The van der Waals surface area contributed by atoms with Crippen LogP contribution in [0.4, 0.5) is 0 Å². The minimum Gasteiger partial charge on any atom is -0.383 e. The van der Waals surface area contributed by atoms with E-state index in [1.807, 2.05) is 0 Å². The van der Waals surface area contributed by atoms with Crippen LogP contribution in [0.2, 0.25) is 0 Å². The maximum Gasteiger partial charge on any atom is 0.0587 e. The molecule has 0 saturated heterocycles. The molecule has 2 fully saturated rings. The largest absolute Gasteiger partial charge is 0.383 e. The smallest absolute Gasteiger partial charge is 0.0587 e. The molecule has 2 rings (SSSR count). The molecule has 2 bridgehead atoms. The predicted molar refractivity (Wildman–Crippen MR) is 62.9 cm³/mol. The Kier molecular flexibility index (Phi) is 2.85. The van der Waals surface area contributed by atoms with E-state index < -0.39 is 0 Å². The second kappa shape index (κ2) is 3.74. The molecule has 2 heteroatoms. The zero-order valence-corrected chi connectivity index (χ0v) is 10.6. The highest BCUT2D eigenvalue weighted by molar-refractivity contribution is 5.12. The molecule has 0 aromatic rings. The van der Waals surface area contributed by atoms with Crippen molar-refractivity contribution in [2.75, 3.05) is 20.3 Å². The first-order chi connectivity index (χ1) is 7.02. The summed E-state index contributed by atoms with van der Waals surface area (Å²) in [6.45, 7) is 9.23. The van der Waals surface area contributed by atoms with E-state index in [0.29, 0.717) is 16.9 Å². The Bertz CT molecular complexity index is 239. The molecule has 2 aliphatic carbocycles. The van der Waals surface area contributed by atoms with Gasteiger partial charge >= 0.3 is 0 Å². The number of rotatable bonds is 4. The molecule has 0 heterocycles. The molecule has 2 aliphatic rings. The van der Waals surface area contributed by atoms with E-state index in [-0.39, 0.29) is 0 Å². The van der Waals surface area contributed by atoms with Crippen molar-refractivity contribution in [1.82, 2.24) is 5.32 Å². The van der Waals surface area contributed by atoms with E-state index >= 15 is 0 Å². The summed E-state index contributed by atoms with van der Waals surface area (Å²) in [6, 6.07) is 0.710. The van der Waals surface area contributed by atoms with Gasteiger partial charge in [-0.15, -0.1) is 0 Å². The first-order valence-electron chi connectivity index (χ1n) is 6.24. The van der Waals surface area contributed by atoms with Crippen LogP contribution in [0.3, 0.4) is 0 Å². The number of fused-ring (bicyclic) bond motifs is 2. The fourth-order valence-electron chi connectivity index (χ4n) is 3.85. The zero-order chi connectivity index (χ0) is 11.1. The van der Waals surface area contributed by atoms with Gasteiger partial charge in [-0.3, -0.25) is 0 Å². The summed E-state index contributed by atoms with van der Waals surface area (Å²) in [6.07, 6.45) is 4.20. The van der Waals surface area contributed by atoms with Crippen molar-refractivity contribution in [3.05, 3.63) is 0 Å². The van der Waals surface area contributed by atoms with Crippen molar-refractivity contribution in [2.45, 2.75) is 46.1 Å². The van der Waals surface area contributed by atoms with Crippen molar-refractivity contribution in [3.63, 3.8) is 0 Å². The van der Waals surface area contributed by atoms with E-state index in [1.165, 1.54) is 19.3 Å². The van der Waals surface area contributed by atoms with Crippen LogP contribution in [0.5, 0.6) is 0 Å². The number of ether oxygens (including phenoxy) is 1. The molecule has 2 nitrogen and oxygen atoms in total. The maximum atomic E-state index is 5.10. The summed E-state index contributed by atoms with van der Waals surface area (Å²) < 4.78 is 5.10. The van der Waals surface area contributed by atoms with Crippen LogP contribution in [-0.2, 0) is 4.74 Å². The van der Waals surface area contributed by atoms with Crippen molar-refractivity contribution < 1.29 is 4.74 Å². The molecule has 2 saturated carbocycles. The van der Waals surface area contributed by atoms with Gasteiger partial charge in [0.05, 0.1) is 6.61 Å². The summed E-state index contributed by atoms with van der Waals surface area (Å²) in [4.78, 5) is 0. The van der Waals surface area contributed by atoms with Crippen molar-refractivity contribution in [3.8, 4) is 0 Å². The van der Waals surface area contributed by atoms with Crippen LogP contribution >= 0.6 is 0 Å². The lowest BCUT2D eigenvalue weighted by atomic mass is 9.69. The molecule has 15 heavy (non-hydrogen) atoms. The van der Waals surface area contributed by atoms with E-state index in [2.05, 4.69) is 26.1 Å². The molecule has 0 spiro atoms. The minimum absolute atomic E-state index is 0.505. The van der Waals surface area contributed by atoms with Gasteiger partial charge in [0.1, 0.15) is 0 Å². The Labute approximate surface area is 93.8 Å². The van der Waals surface area contributed by atoms with E-state index in [0.717, 1.165) is 19.1 Å². The molecule has 0 unspecified atom stereocenters. The van der Waals surface area contributed by atoms with Gasteiger partial charge in [0, 0.05) is 19.7 Å². The van der Waals surface area contributed by atoms with Crippen molar-refractivity contribution in [2.24, 2.45) is 16.7 Å². The average molecular weight is 211 g/mol. The fraction of sp³-hybridized carbons (Fsp3) is 1.00. The summed E-state index contributed by atoms with van der Waals surface area (Å²) in [5.74, 6) is 0.933. The summed E-state index contributed by atoms with van der Waals surface area (Å²) in [5.41, 5.74) is 1.03. The molecule has 1 N–H and O–H groups in total. The van der Waals surface area contributed by atoms with Gasteiger partial charge in [0.2, 0.25) is 0 Å². The van der Waals surface area contributed by atoms with Gasteiger partial charge in [-0.2, -0.15) is 0 Å². The second-order valence-corrected chi connectivity index (χ2v) is 6.11. The van der Waals surface area contributed by atoms with Crippen LogP contribution in [-0.4, -0.2) is 26.3 Å². The first-order valence-corrected chi connectivity index (χ1v) is 6.24. The van der Waals surface area contributed by atoms with Gasteiger partial charge in [0.15, 0.2) is 0 Å². The topological polar surface area (TPSA) is 21.3 Å². The molecule has 0 aromatic heterocycles.